The van der Waals surface area contributed by atoms with Crippen molar-refractivity contribution in [2.24, 2.45) is 5.73 Å². The van der Waals surface area contributed by atoms with Crippen LogP contribution in [0, 0.1) is 0 Å². The number of hydrogen-bond acceptors (Lipinski definition) is 42. The van der Waals surface area contributed by atoms with E-state index < -0.39 is 319 Å². The molecule has 111 heavy (non-hydrogen) atoms. The molecule has 0 aromatic rings. The molecule has 40 atom stereocenters. The van der Waals surface area contributed by atoms with E-state index in [0.717, 1.165) is 27.7 Å². The van der Waals surface area contributed by atoms with Crippen LogP contribution in [0.1, 0.15) is 47.0 Å². The highest BCUT2D eigenvalue weighted by molar-refractivity contribution is 5.76. The van der Waals surface area contributed by atoms with Crippen LogP contribution in [0.25, 0.3) is 0 Å². The molecule has 8 heterocycles. The summed E-state index contributed by atoms with van der Waals surface area (Å²) < 4.78 is 90.8. The van der Waals surface area contributed by atoms with Crippen molar-refractivity contribution in [2.45, 2.75) is 292 Å². The lowest BCUT2D eigenvalue weighted by Gasteiger charge is -2.50. The molecule has 0 radical (unpaired) electrons. The van der Waals surface area contributed by atoms with Gasteiger partial charge in [-0.15, -0.1) is 0 Å². The Morgan fingerprint density at radius 3 is 0.784 bits per heavy atom. The summed E-state index contributed by atoms with van der Waals surface area (Å²) in [6.45, 7) is -0.698. The minimum absolute atomic E-state index is 0.0630. The number of rotatable bonds is 32. The van der Waals surface area contributed by atoms with Gasteiger partial charge in [-0.1, -0.05) is 0 Å². The SMILES string of the molecule is CC(=O)N[C@H]1[C@@H](O[C@H]2[C@H](O)[C@@H](O)[C@H](O[C@H]3[C@H](O)[C@@H](NC(C)=O)[C@@H](O[C@H]4[C@H](O)[C@@H](O)[C@H](OCCCCCN)O[C@@H]4C(=O)O)O[C@@H]3CO)O[C@H]2C(=O)O)O[C@H](CO)[C@@H](O[C@@H]2O[C@H](C(=O)O)[C@@H](O[C@H]3O[C@H](CO)[C@@H](O[C@@H]4O[C@@H](C(=O)O)[C@@H](O[C@H]5O[C@H](CO)[C@@H](O)[C@H](O)[C@H]5NC(C)=O)[C@H](O)[C@H]4O)[C@H](O)[C@H]3NC(C)=O)[C@H](O)[C@H]2O)[C@@H]1O. The molecule has 0 aromatic heterocycles. The van der Waals surface area contributed by atoms with E-state index in [1.165, 1.54) is 0 Å². The molecule has 4 amide bonds. The number of nitrogens with one attached hydrogen (secondary N) is 4. The first-order valence-electron chi connectivity index (χ1n) is 34.8. The van der Waals surface area contributed by atoms with Gasteiger partial charge in [-0.05, 0) is 25.8 Å². The molecule has 0 unspecified atom stereocenters. The summed E-state index contributed by atoms with van der Waals surface area (Å²) in [5, 5.41) is 241. The van der Waals surface area contributed by atoms with E-state index in [4.69, 9.17) is 81.5 Å². The largest absolute Gasteiger partial charge is 0.479 e. The molecule has 0 bridgehead atoms. The second-order valence-corrected chi connectivity index (χ2v) is 27.2. The Balaban J connectivity index is 0.940. The van der Waals surface area contributed by atoms with Gasteiger partial charge in [-0.3, -0.25) is 19.2 Å². The monoisotopic (exact) mass is 1620 g/mol. The lowest BCUT2D eigenvalue weighted by Crippen LogP contribution is -2.71. The maximum absolute atomic E-state index is 13.1. The summed E-state index contributed by atoms with van der Waals surface area (Å²) in [6, 6.07) is -7.72. The van der Waals surface area contributed by atoms with Crippen molar-refractivity contribution in [3.05, 3.63) is 0 Å². The smallest absolute Gasteiger partial charge is 0.335 e. The Morgan fingerprint density at radius 2 is 0.532 bits per heavy atom. The van der Waals surface area contributed by atoms with Gasteiger partial charge >= 0.3 is 23.9 Å². The zero-order valence-corrected chi connectivity index (χ0v) is 59.2. The van der Waals surface area contributed by atoms with Crippen LogP contribution in [-0.4, -0.2) is 440 Å². The van der Waals surface area contributed by atoms with Crippen molar-refractivity contribution < 1.29 is 221 Å². The van der Waals surface area contributed by atoms with Crippen LogP contribution >= 0.6 is 0 Å². The number of carbonyl (C=O) groups excluding carboxylic acids is 4. The maximum atomic E-state index is 13.1. The maximum Gasteiger partial charge on any atom is 0.335 e. The number of amides is 4. The first kappa shape index (κ1) is 90.9. The molecule has 0 spiro atoms. The third kappa shape index (κ3) is 20.8. The zero-order chi connectivity index (χ0) is 82.2. The van der Waals surface area contributed by atoms with Gasteiger partial charge in [-0.25, -0.2) is 19.2 Å². The predicted molar refractivity (Wildman–Crippen MR) is 340 cm³/mol. The summed E-state index contributed by atoms with van der Waals surface area (Å²) in [6.07, 6.45) is -78.2. The number of carboxylic acids is 4. The summed E-state index contributed by atoms with van der Waals surface area (Å²) in [4.78, 5) is 102. The van der Waals surface area contributed by atoms with Crippen LogP contribution in [0.3, 0.4) is 0 Å². The molecule has 0 aliphatic carbocycles. The normalized spacial score (nSPS) is 44.9. The highest BCUT2D eigenvalue weighted by Crippen LogP contribution is 2.40. The molecule has 8 rings (SSSR count). The topological polar surface area (TPSA) is 783 Å². The van der Waals surface area contributed by atoms with Crippen LogP contribution < -0.4 is 27.0 Å². The highest BCUT2D eigenvalue weighted by Gasteiger charge is 2.62. The number of ether oxygens (including phenoxy) is 16. The molecule has 50 nitrogen and oxygen atoms in total. The summed E-state index contributed by atoms with van der Waals surface area (Å²) in [7, 11) is 0. The first-order valence-corrected chi connectivity index (χ1v) is 34.8. The van der Waals surface area contributed by atoms with Crippen molar-refractivity contribution in [3.8, 4) is 0 Å². The number of aliphatic hydroxyl groups excluding tert-OH is 17. The van der Waals surface area contributed by atoms with Gasteiger partial charge in [0, 0.05) is 34.3 Å². The van der Waals surface area contributed by atoms with Crippen molar-refractivity contribution in [3.63, 3.8) is 0 Å². The molecule has 636 valence electrons. The fraction of sp³-hybridized carbons (Fsp3) is 0.869. The molecule has 0 aromatic carbocycles. The van der Waals surface area contributed by atoms with Crippen molar-refractivity contribution in [2.75, 3.05) is 39.6 Å². The van der Waals surface area contributed by atoms with E-state index in [-0.39, 0.29) is 6.61 Å². The second-order valence-electron chi connectivity index (χ2n) is 27.2. The molecule has 8 saturated heterocycles. The molecule has 0 saturated carbocycles. The minimum Gasteiger partial charge on any atom is -0.479 e. The van der Waals surface area contributed by atoms with E-state index in [1.54, 1.807) is 0 Å². The van der Waals surface area contributed by atoms with E-state index in [1.807, 2.05) is 0 Å². The molecule has 50 heteroatoms. The van der Waals surface area contributed by atoms with Crippen LogP contribution in [-0.2, 0) is 114 Å². The van der Waals surface area contributed by atoms with Crippen molar-refractivity contribution in [1.82, 2.24) is 21.3 Å². The Morgan fingerprint density at radius 1 is 0.288 bits per heavy atom. The number of hydrogen-bond donors (Lipinski definition) is 26. The van der Waals surface area contributed by atoms with Gasteiger partial charge in [0.2, 0.25) is 23.6 Å². The highest BCUT2D eigenvalue weighted by atomic mass is 16.8. The van der Waals surface area contributed by atoms with E-state index in [2.05, 4.69) is 21.3 Å². The Kier molecular flexibility index (Phi) is 32.6. The van der Waals surface area contributed by atoms with Crippen molar-refractivity contribution in [1.29, 1.82) is 0 Å². The number of nitrogens with two attached hydrogens (primary N) is 1. The molecule has 8 aliphatic rings. The Labute approximate surface area is 626 Å². The minimum atomic E-state index is -2.57. The summed E-state index contributed by atoms with van der Waals surface area (Å²) >= 11 is 0. The van der Waals surface area contributed by atoms with Gasteiger partial charge in [0.15, 0.2) is 74.7 Å². The van der Waals surface area contributed by atoms with Gasteiger partial charge in [-0.2, -0.15) is 0 Å². The van der Waals surface area contributed by atoms with Crippen LogP contribution in [0.4, 0.5) is 0 Å². The van der Waals surface area contributed by atoms with Gasteiger partial charge in [0.1, 0.15) is 171 Å². The summed E-state index contributed by atoms with van der Waals surface area (Å²) in [5.41, 5.74) is 5.51. The molecule has 8 aliphatic heterocycles. The molecule has 8 fully saturated rings. The van der Waals surface area contributed by atoms with Crippen LogP contribution in [0.2, 0.25) is 0 Å². The average molecular weight is 1620 g/mol. The third-order valence-corrected chi connectivity index (χ3v) is 19.2. The fourth-order valence-electron chi connectivity index (χ4n) is 13.7. The van der Waals surface area contributed by atoms with E-state index in [0.29, 0.717) is 25.8 Å². The predicted octanol–water partition coefficient (Wildman–Crippen LogP) is -16.4. The molecular formula is C61H97N5O45. The number of carboxylic acid groups (broad SMARTS) is 4. The van der Waals surface area contributed by atoms with Gasteiger partial charge < -0.3 is 210 Å². The van der Waals surface area contributed by atoms with Crippen LogP contribution in [0.15, 0.2) is 0 Å². The Bertz CT molecular complexity index is 3100. The van der Waals surface area contributed by atoms with E-state index in [9.17, 15) is 146 Å². The molecule has 27 N–H and O–H groups in total. The lowest BCUT2D eigenvalue weighted by molar-refractivity contribution is -0.382. The van der Waals surface area contributed by atoms with E-state index >= 15 is 0 Å². The number of carbonyl (C=O) groups is 8. The number of aliphatic hydroxyl groups is 17. The lowest BCUT2D eigenvalue weighted by atomic mass is 9.93. The van der Waals surface area contributed by atoms with Crippen LogP contribution in [0.5, 0.6) is 0 Å². The van der Waals surface area contributed by atoms with Gasteiger partial charge in [0.05, 0.1) is 26.4 Å². The third-order valence-electron chi connectivity index (χ3n) is 19.2. The summed E-state index contributed by atoms with van der Waals surface area (Å²) in [5.74, 6) is -11.6. The number of unbranched alkanes of at least 4 members (excludes halogenated alkanes) is 2. The fourth-order valence-corrected chi connectivity index (χ4v) is 13.7. The zero-order valence-electron chi connectivity index (χ0n) is 59.2. The molecular weight excluding hydrogens is 1520 g/mol. The van der Waals surface area contributed by atoms with Crippen molar-refractivity contribution >= 4 is 47.5 Å². The Hall–Kier alpha value is -5.60. The standard InChI is InChI=1S/C61H97N5O45/c1-14(71)63-22-27(76)26(75)18(10-67)97-54(22)104-43-32(81)36(85)59(109-47(43)51(90)91)101-40-20(12-69)99-56(24(29(40)78)65-16(3)73)106-45-34(83)38(87)61(111-49(45)53(94)95)103-41-21(13-70)100-57(25(30(41)79)66-17(4)74)107-44-33(82)37(86)60(110-48(44)52(92)93)102-39-19(11-68)98-55(23(28(39)77)64-15(2)72)105-42-31(80)35(84)58(108-46(42)50(88)89)96-9-7-5-6-8-62/h18-49,54-61,67-70,75-87H,5-13,62H2,1-4H3,(H,63,71)(H,64,72)(H,65,73)(H,66,74)(H,88,89)(H,90,91)(H,92,93)(H,94,95)/t18-,19-,20-,21-,22-,23-,24-,25-,26-,27-,28-,29-,30-,31-,32-,33-,34-,35-,36-,37-,38-,39-,40-,41-,42+,43+,44+,45+,46+,47-,48-,49+,54-,55-,56-,57-,58-,59-,60-,61-/m1/s1. The average Bonchev–Trinajstić information content (AvgIpc) is 0.767. The van der Waals surface area contributed by atoms with Gasteiger partial charge in [0.25, 0.3) is 0 Å². The quantitative estimate of drug-likeness (QED) is 0.0278. The first-order chi connectivity index (χ1) is 52.3. The second kappa shape index (κ2) is 39.8. The number of aliphatic carboxylic acids is 4.